The minimum Gasteiger partial charge on any atom is -0.309 e. The van der Waals surface area contributed by atoms with Crippen molar-refractivity contribution in [3.8, 4) is 67.3 Å². The maximum absolute atomic E-state index is 5.26. The molecule has 0 aliphatic rings. The molecule has 9 aromatic carbocycles. The third kappa shape index (κ3) is 6.10. The number of pyridine rings is 1. The van der Waals surface area contributed by atoms with Gasteiger partial charge in [-0.2, -0.15) is 0 Å². The smallest absolute Gasteiger partial charge is 0.0716 e. The van der Waals surface area contributed by atoms with Crippen LogP contribution in [0.15, 0.2) is 237 Å². The van der Waals surface area contributed by atoms with Gasteiger partial charge in [0, 0.05) is 44.0 Å². The van der Waals surface area contributed by atoms with E-state index in [1.165, 1.54) is 65.9 Å². The minimum atomic E-state index is 0.940. The van der Waals surface area contributed by atoms with Gasteiger partial charge in [-0.05, 0) is 100 Å². The fourth-order valence-corrected chi connectivity index (χ4v) is 9.33. The number of aromatic nitrogens is 3. The van der Waals surface area contributed by atoms with Crippen LogP contribution in [0.2, 0.25) is 0 Å². The summed E-state index contributed by atoms with van der Waals surface area (Å²) >= 11 is 0. The molecule has 3 heteroatoms. The molecule has 0 aliphatic carbocycles. The van der Waals surface area contributed by atoms with Crippen LogP contribution >= 0.6 is 0 Å². The normalized spacial score (nSPS) is 11.5. The van der Waals surface area contributed by atoms with Crippen LogP contribution in [0.1, 0.15) is 0 Å². The zero-order valence-corrected chi connectivity index (χ0v) is 33.9. The Hall–Kier alpha value is -8.27. The molecule has 0 radical (unpaired) electrons. The molecule has 0 saturated heterocycles. The zero-order chi connectivity index (χ0) is 41.0. The van der Waals surface area contributed by atoms with Gasteiger partial charge < -0.3 is 9.13 Å². The molecule has 3 heterocycles. The Labute approximate surface area is 360 Å². The van der Waals surface area contributed by atoms with E-state index in [1.807, 2.05) is 0 Å². The summed E-state index contributed by atoms with van der Waals surface area (Å²) in [5.41, 5.74) is 18.1. The van der Waals surface area contributed by atoms with Gasteiger partial charge in [0.2, 0.25) is 0 Å². The highest BCUT2D eigenvalue weighted by atomic mass is 15.0. The van der Waals surface area contributed by atoms with E-state index in [2.05, 4.69) is 246 Å². The molecule has 0 fully saturated rings. The second-order valence-electron chi connectivity index (χ2n) is 16.0. The number of para-hydroxylation sites is 2. The Balaban J connectivity index is 0.974. The van der Waals surface area contributed by atoms with Gasteiger partial charge in [0.25, 0.3) is 0 Å². The summed E-state index contributed by atoms with van der Waals surface area (Å²) in [5.74, 6) is 0. The number of fused-ring (bicyclic) bond motifs is 6. The molecule has 0 N–H and O–H groups in total. The highest BCUT2D eigenvalue weighted by Crippen LogP contribution is 2.39. The second kappa shape index (κ2) is 14.8. The van der Waals surface area contributed by atoms with E-state index < -0.39 is 0 Å². The van der Waals surface area contributed by atoms with E-state index in [0.29, 0.717) is 0 Å². The van der Waals surface area contributed by atoms with E-state index >= 15 is 0 Å². The van der Waals surface area contributed by atoms with Crippen LogP contribution in [-0.4, -0.2) is 14.1 Å². The summed E-state index contributed by atoms with van der Waals surface area (Å²) in [4.78, 5) is 5.26. The van der Waals surface area contributed by atoms with Gasteiger partial charge in [-0.15, -0.1) is 0 Å². The molecular weight excluding hydrogens is 751 g/mol. The number of nitrogens with zero attached hydrogens (tertiary/aromatic N) is 3. The molecule has 0 amide bonds. The third-order valence-corrected chi connectivity index (χ3v) is 12.3. The monoisotopic (exact) mass is 789 g/mol. The van der Waals surface area contributed by atoms with Gasteiger partial charge in [-0.1, -0.05) is 170 Å². The van der Waals surface area contributed by atoms with Gasteiger partial charge in [0.1, 0.15) is 0 Å². The lowest BCUT2D eigenvalue weighted by molar-refractivity contribution is 1.18. The van der Waals surface area contributed by atoms with Gasteiger partial charge >= 0.3 is 0 Å². The van der Waals surface area contributed by atoms with E-state index in [4.69, 9.17) is 4.98 Å². The Kier molecular flexibility index (Phi) is 8.50. The van der Waals surface area contributed by atoms with Gasteiger partial charge in [0.15, 0.2) is 0 Å². The molecule has 290 valence electrons. The number of rotatable bonds is 7. The lowest BCUT2D eigenvalue weighted by Crippen LogP contribution is -1.96. The van der Waals surface area contributed by atoms with E-state index in [-0.39, 0.29) is 0 Å². The summed E-state index contributed by atoms with van der Waals surface area (Å²) in [5, 5.41) is 4.93. The highest BCUT2D eigenvalue weighted by molar-refractivity contribution is 6.12. The van der Waals surface area contributed by atoms with Gasteiger partial charge in [0.05, 0.1) is 33.5 Å². The predicted octanol–water partition coefficient (Wildman–Crippen LogP) is 15.6. The number of benzene rings is 9. The summed E-state index contributed by atoms with van der Waals surface area (Å²) in [6.07, 6.45) is 0. The molecule has 3 aromatic heterocycles. The lowest BCUT2D eigenvalue weighted by Gasteiger charge is -2.13. The molecule has 0 aliphatic heterocycles. The Bertz CT molecular complexity index is 3540. The first-order chi connectivity index (χ1) is 30.7. The van der Waals surface area contributed by atoms with Gasteiger partial charge in [-0.3, -0.25) is 0 Å². The molecule has 62 heavy (non-hydrogen) atoms. The topological polar surface area (TPSA) is 22.8 Å². The average Bonchev–Trinajstić information content (AvgIpc) is 3.87. The maximum atomic E-state index is 5.26. The fraction of sp³-hybridized carbons (Fsp3) is 0. The lowest BCUT2D eigenvalue weighted by atomic mass is 10.00. The largest absolute Gasteiger partial charge is 0.309 e. The Morgan fingerprint density at radius 1 is 0.226 bits per heavy atom. The average molecular weight is 790 g/mol. The van der Waals surface area contributed by atoms with E-state index in [9.17, 15) is 0 Å². The van der Waals surface area contributed by atoms with Crippen molar-refractivity contribution in [2.24, 2.45) is 0 Å². The molecule has 0 atom stereocenters. The van der Waals surface area contributed by atoms with Crippen LogP contribution in [0.4, 0.5) is 0 Å². The van der Waals surface area contributed by atoms with Crippen LogP contribution in [0, 0.1) is 0 Å². The zero-order valence-electron chi connectivity index (χ0n) is 33.9. The van der Waals surface area contributed by atoms with Crippen LogP contribution < -0.4 is 0 Å². The maximum Gasteiger partial charge on any atom is 0.0716 e. The van der Waals surface area contributed by atoms with Crippen LogP contribution in [0.25, 0.3) is 111 Å². The molecule has 0 unspecified atom stereocenters. The van der Waals surface area contributed by atoms with Crippen LogP contribution in [0.3, 0.4) is 0 Å². The second-order valence-corrected chi connectivity index (χ2v) is 16.0. The first kappa shape index (κ1) is 35.7. The summed E-state index contributed by atoms with van der Waals surface area (Å²) in [6, 6.07) is 85.2. The SMILES string of the molecule is c1ccc(-c2ccc(-n3c4ccccc4c4ccc(-c5ccc6c(c5)c5ccccc5n6-c5cccc(-c6cc(-c7ccccc7)cc(-c7ccccc7)n6)c5)cc43)cc2)cc1. The van der Waals surface area contributed by atoms with Crippen molar-refractivity contribution in [3.63, 3.8) is 0 Å². The van der Waals surface area contributed by atoms with Crippen molar-refractivity contribution < 1.29 is 0 Å². The minimum absolute atomic E-state index is 0.940. The molecule has 0 bridgehead atoms. The van der Waals surface area contributed by atoms with Crippen molar-refractivity contribution in [1.82, 2.24) is 14.1 Å². The van der Waals surface area contributed by atoms with Crippen molar-refractivity contribution in [2.75, 3.05) is 0 Å². The summed E-state index contributed by atoms with van der Waals surface area (Å²) in [7, 11) is 0. The Morgan fingerprint density at radius 3 is 1.39 bits per heavy atom. The van der Waals surface area contributed by atoms with Crippen molar-refractivity contribution >= 4 is 43.6 Å². The number of hydrogen-bond donors (Lipinski definition) is 0. The van der Waals surface area contributed by atoms with E-state index in [1.54, 1.807) is 0 Å². The standard InChI is InChI=1S/C59H39N3/c1-4-15-40(16-5-1)42-27-31-48(32-28-42)61-56-25-12-10-23-50(56)52-33-29-45(39-59(52)61)44-30-34-58-53(36-44)51-24-11-13-26-57(51)62(58)49-22-14-21-46(35-49)55-38-47(41-17-6-2-7-18-41)37-54(60-55)43-19-8-3-9-20-43/h1-39H. The molecule has 3 nitrogen and oxygen atoms in total. The van der Waals surface area contributed by atoms with Crippen molar-refractivity contribution in [3.05, 3.63) is 237 Å². The van der Waals surface area contributed by atoms with Crippen LogP contribution in [0.5, 0.6) is 0 Å². The van der Waals surface area contributed by atoms with E-state index in [0.717, 1.165) is 45.0 Å². The predicted molar refractivity (Wildman–Crippen MR) is 260 cm³/mol. The quantitative estimate of drug-likeness (QED) is 0.158. The first-order valence-electron chi connectivity index (χ1n) is 21.2. The van der Waals surface area contributed by atoms with Crippen molar-refractivity contribution in [1.29, 1.82) is 0 Å². The Morgan fingerprint density at radius 2 is 0.694 bits per heavy atom. The fourth-order valence-electron chi connectivity index (χ4n) is 9.33. The molecule has 12 aromatic rings. The third-order valence-electron chi connectivity index (χ3n) is 12.3. The summed E-state index contributed by atoms with van der Waals surface area (Å²) < 4.78 is 4.81. The van der Waals surface area contributed by atoms with Gasteiger partial charge in [-0.25, -0.2) is 4.98 Å². The molecule has 12 rings (SSSR count). The first-order valence-corrected chi connectivity index (χ1v) is 21.2. The van der Waals surface area contributed by atoms with Crippen molar-refractivity contribution in [2.45, 2.75) is 0 Å². The molecule has 0 saturated carbocycles. The summed E-state index contributed by atoms with van der Waals surface area (Å²) in [6.45, 7) is 0. The number of hydrogen-bond acceptors (Lipinski definition) is 1. The molecule has 0 spiro atoms. The van der Waals surface area contributed by atoms with Crippen LogP contribution in [-0.2, 0) is 0 Å². The highest BCUT2D eigenvalue weighted by Gasteiger charge is 2.17. The molecular formula is C59H39N3.